The SMILES string of the molecule is COc1ccc(NC(=O)C(C#N)=Cc2c(Cl)nc3ccccn23)cc1. The molecule has 0 radical (unpaired) electrons. The molecule has 0 aliphatic carbocycles. The number of amides is 1. The number of rotatable bonds is 4. The number of pyridine rings is 1. The maximum atomic E-state index is 12.4. The molecule has 0 spiro atoms. The molecule has 0 bridgehead atoms. The van der Waals surface area contributed by atoms with Gasteiger partial charge in [0, 0.05) is 11.9 Å². The summed E-state index contributed by atoms with van der Waals surface area (Å²) in [5.41, 5.74) is 1.57. The number of halogens is 1. The summed E-state index contributed by atoms with van der Waals surface area (Å²) in [6.45, 7) is 0. The molecule has 0 aliphatic heterocycles. The fourth-order valence-electron chi connectivity index (χ4n) is 2.27. The van der Waals surface area contributed by atoms with Gasteiger partial charge in [-0.25, -0.2) is 4.98 Å². The Balaban J connectivity index is 1.90. The van der Waals surface area contributed by atoms with Crippen LogP contribution in [0.15, 0.2) is 54.2 Å². The third kappa shape index (κ3) is 3.47. The maximum Gasteiger partial charge on any atom is 0.266 e. The molecule has 0 saturated carbocycles. The normalized spacial score (nSPS) is 11.2. The van der Waals surface area contributed by atoms with E-state index in [-0.39, 0.29) is 10.7 Å². The zero-order chi connectivity index (χ0) is 17.8. The molecule has 2 aromatic heterocycles. The first-order valence-electron chi connectivity index (χ1n) is 7.32. The summed E-state index contributed by atoms with van der Waals surface area (Å²) in [6, 6.07) is 14.1. The maximum absolute atomic E-state index is 12.4. The number of hydrogen-bond donors (Lipinski definition) is 1. The molecule has 1 aromatic carbocycles. The number of aromatic nitrogens is 2. The van der Waals surface area contributed by atoms with Crippen LogP contribution in [0.2, 0.25) is 5.15 Å². The van der Waals surface area contributed by atoms with E-state index in [1.165, 1.54) is 6.08 Å². The molecule has 7 heteroatoms. The number of imidazole rings is 1. The third-order valence-electron chi connectivity index (χ3n) is 3.52. The van der Waals surface area contributed by atoms with Gasteiger partial charge in [-0.1, -0.05) is 17.7 Å². The molecule has 0 aliphatic rings. The Morgan fingerprint density at radius 3 is 2.76 bits per heavy atom. The summed E-state index contributed by atoms with van der Waals surface area (Å²) in [4.78, 5) is 16.6. The minimum atomic E-state index is -0.533. The van der Waals surface area contributed by atoms with Gasteiger partial charge in [-0.15, -0.1) is 0 Å². The molecule has 0 unspecified atom stereocenters. The molecular formula is C18H13ClN4O2. The van der Waals surface area contributed by atoms with Crippen molar-refractivity contribution < 1.29 is 9.53 Å². The smallest absolute Gasteiger partial charge is 0.266 e. The highest BCUT2D eigenvalue weighted by molar-refractivity contribution is 6.31. The Morgan fingerprint density at radius 1 is 1.32 bits per heavy atom. The Bertz CT molecular complexity index is 1000. The zero-order valence-electron chi connectivity index (χ0n) is 13.2. The van der Waals surface area contributed by atoms with E-state index >= 15 is 0 Å². The van der Waals surface area contributed by atoms with Gasteiger partial charge in [-0.05, 0) is 42.5 Å². The molecule has 3 aromatic rings. The first kappa shape index (κ1) is 16.6. The molecule has 3 rings (SSSR count). The van der Waals surface area contributed by atoms with Gasteiger partial charge in [-0.3, -0.25) is 9.20 Å². The van der Waals surface area contributed by atoms with Gasteiger partial charge in [0.15, 0.2) is 5.15 Å². The average molecular weight is 353 g/mol. The third-order valence-corrected chi connectivity index (χ3v) is 3.79. The summed E-state index contributed by atoms with van der Waals surface area (Å²) in [7, 11) is 1.56. The highest BCUT2D eigenvalue weighted by atomic mass is 35.5. The Hall–Kier alpha value is -3.30. The molecule has 0 atom stereocenters. The van der Waals surface area contributed by atoms with Gasteiger partial charge in [0.1, 0.15) is 23.0 Å². The van der Waals surface area contributed by atoms with E-state index in [4.69, 9.17) is 16.3 Å². The Labute approximate surface area is 148 Å². The van der Waals surface area contributed by atoms with Crippen molar-refractivity contribution in [2.75, 3.05) is 12.4 Å². The van der Waals surface area contributed by atoms with Crippen molar-refractivity contribution in [1.29, 1.82) is 5.26 Å². The number of anilines is 1. The topological polar surface area (TPSA) is 79.4 Å². The van der Waals surface area contributed by atoms with Crippen molar-refractivity contribution in [2.45, 2.75) is 0 Å². The molecule has 2 heterocycles. The van der Waals surface area contributed by atoms with Gasteiger partial charge in [0.2, 0.25) is 0 Å². The number of hydrogen-bond acceptors (Lipinski definition) is 4. The van der Waals surface area contributed by atoms with Crippen LogP contribution in [0.3, 0.4) is 0 Å². The molecule has 0 fully saturated rings. The molecule has 1 amide bonds. The first-order chi connectivity index (χ1) is 12.1. The van der Waals surface area contributed by atoms with Gasteiger partial charge in [-0.2, -0.15) is 5.26 Å². The average Bonchev–Trinajstić information content (AvgIpc) is 2.95. The van der Waals surface area contributed by atoms with E-state index < -0.39 is 5.91 Å². The van der Waals surface area contributed by atoms with Crippen molar-refractivity contribution in [3.05, 3.63) is 65.1 Å². The van der Waals surface area contributed by atoms with Crippen molar-refractivity contribution >= 4 is 34.9 Å². The summed E-state index contributed by atoms with van der Waals surface area (Å²) in [5.74, 6) is 0.140. The van der Waals surface area contributed by atoms with E-state index in [0.717, 1.165) is 0 Å². The van der Waals surface area contributed by atoms with E-state index in [1.54, 1.807) is 48.0 Å². The molecule has 25 heavy (non-hydrogen) atoms. The quantitative estimate of drug-likeness (QED) is 0.575. The molecule has 0 saturated heterocycles. The van der Waals surface area contributed by atoms with E-state index in [1.807, 2.05) is 18.2 Å². The predicted octanol–water partition coefficient (Wildman–Crippen LogP) is 3.54. The monoisotopic (exact) mass is 352 g/mol. The van der Waals surface area contributed by atoms with Crippen LogP contribution >= 0.6 is 11.6 Å². The van der Waals surface area contributed by atoms with E-state index in [0.29, 0.717) is 22.8 Å². The van der Waals surface area contributed by atoms with Crippen molar-refractivity contribution in [3.63, 3.8) is 0 Å². The number of nitrogens with zero attached hydrogens (tertiary/aromatic N) is 3. The van der Waals surface area contributed by atoms with Crippen LogP contribution in [0.25, 0.3) is 11.7 Å². The predicted molar refractivity (Wildman–Crippen MR) is 95.4 cm³/mol. The summed E-state index contributed by atoms with van der Waals surface area (Å²) in [6.07, 6.45) is 3.18. The summed E-state index contributed by atoms with van der Waals surface area (Å²) in [5, 5.41) is 12.2. The number of nitriles is 1. The Morgan fingerprint density at radius 2 is 2.08 bits per heavy atom. The first-order valence-corrected chi connectivity index (χ1v) is 7.70. The largest absolute Gasteiger partial charge is 0.497 e. The van der Waals surface area contributed by atoms with Crippen LogP contribution in [0, 0.1) is 11.3 Å². The highest BCUT2D eigenvalue weighted by Gasteiger charge is 2.14. The molecule has 124 valence electrons. The van der Waals surface area contributed by atoms with Crippen LogP contribution in [0.4, 0.5) is 5.69 Å². The lowest BCUT2D eigenvalue weighted by Gasteiger charge is -2.05. The lowest BCUT2D eigenvalue weighted by Crippen LogP contribution is -2.13. The number of carbonyl (C=O) groups is 1. The fraction of sp³-hybridized carbons (Fsp3) is 0.0556. The number of benzene rings is 1. The lowest BCUT2D eigenvalue weighted by molar-refractivity contribution is -0.112. The number of ether oxygens (including phenoxy) is 1. The standard InChI is InChI=1S/C18H13ClN4O2/c1-25-14-7-5-13(6-8-14)21-18(24)12(11-20)10-15-17(19)22-16-4-2-3-9-23(15)16/h2-10H,1H3,(H,21,24). The lowest BCUT2D eigenvalue weighted by atomic mass is 10.2. The molecule has 6 nitrogen and oxygen atoms in total. The van der Waals surface area contributed by atoms with Gasteiger partial charge < -0.3 is 10.1 Å². The second-order valence-electron chi connectivity index (χ2n) is 5.07. The van der Waals surface area contributed by atoms with Crippen molar-refractivity contribution in [2.24, 2.45) is 0 Å². The minimum Gasteiger partial charge on any atom is -0.497 e. The van der Waals surface area contributed by atoms with Crippen LogP contribution in [0.1, 0.15) is 5.69 Å². The fourth-order valence-corrected chi connectivity index (χ4v) is 2.51. The summed E-state index contributed by atoms with van der Waals surface area (Å²) >= 11 is 6.14. The summed E-state index contributed by atoms with van der Waals surface area (Å²) < 4.78 is 6.77. The highest BCUT2D eigenvalue weighted by Crippen LogP contribution is 2.21. The van der Waals surface area contributed by atoms with Gasteiger partial charge in [0.25, 0.3) is 5.91 Å². The number of methoxy groups -OCH3 is 1. The zero-order valence-corrected chi connectivity index (χ0v) is 14.0. The number of carbonyl (C=O) groups excluding carboxylic acids is 1. The van der Waals surface area contributed by atoms with E-state index in [2.05, 4.69) is 10.3 Å². The number of fused-ring (bicyclic) bond motifs is 1. The van der Waals surface area contributed by atoms with Gasteiger partial charge >= 0.3 is 0 Å². The van der Waals surface area contributed by atoms with Crippen molar-refractivity contribution in [3.8, 4) is 11.8 Å². The van der Waals surface area contributed by atoms with Crippen LogP contribution in [-0.2, 0) is 4.79 Å². The second kappa shape index (κ2) is 7.07. The van der Waals surface area contributed by atoms with Crippen LogP contribution < -0.4 is 10.1 Å². The number of nitrogens with one attached hydrogen (secondary N) is 1. The molecular weight excluding hydrogens is 340 g/mol. The van der Waals surface area contributed by atoms with E-state index in [9.17, 15) is 10.1 Å². The Kier molecular flexibility index (Phi) is 4.68. The van der Waals surface area contributed by atoms with Crippen molar-refractivity contribution in [1.82, 2.24) is 9.38 Å². The minimum absolute atomic E-state index is 0.0802. The second-order valence-corrected chi connectivity index (χ2v) is 5.43. The van der Waals surface area contributed by atoms with Crippen LogP contribution in [0.5, 0.6) is 5.75 Å². The van der Waals surface area contributed by atoms with Crippen LogP contribution in [-0.4, -0.2) is 22.4 Å². The molecule has 1 N–H and O–H groups in total. The van der Waals surface area contributed by atoms with Gasteiger partial charge in [0.05, 0.1) is 12.8 Å².